The summed E-state index contributed by atoms with van der Waals surface area (Å²) in [5.74, 6) is -0.565. The van der Waals surface area contributed by atoms with Gasteiger partial charge in [-0.1, -0.05) is 0 Å². The lowest BCUT2D eigenvalue weighted by Crippen LogP contribution is -2.33. The number of amides is 2. The number of nitrogens with zero attached hydrogens (tertiary/aromatic N) is 1. The Hall–Kier alpha value is -2.64. The number of nitrogens with one attached hydrogen (secondary N) is 2. The fourth-order valence-electron chi connectivity index (χ4n) is 1.49. The Morgan fingerprint density at radius 1 is 1.30 bits per heavy atom. The van der Waals surface area contributed by atoms with Gasteiger partial charge in [-0.3, -0.25) is 19.7 Å². The van der Waals surface area contributed by atoms with E-state index in [1.165, 1.54) is 26.2 Å². The molecule has 0 atom stereocenters. The Kier molecular flexibility index (Phi) is 5.45. The number of carbonyl (C=O) groups excluding carboxylic acids is 2. The lowest BCUT2D eigenvalue weighted by molar-refractivity contribution is -0.385. The summed E-state index contributed by atoms with van der Waals surface area (Å²) in [7, 11) is 1.31. The summed E-state index contributed by atoms with van der Waals surface area (Å²) in [5.41, 5.74) is -0.123. The van der Waals surface area contributed by atoms with Crippen LogP contribution in [0.1, 0.15) is 17.3 Å². The second-order valence-electron chi connectivity index (χ2n) is 3.88. The van der Waals surface area contributed by atoms with Crippen molar-refractivity contribution in [2.75, 3.05) is 20.2 Å². The Morgan fingerprint density at radius 3 is 2.50 bits per heavy atom. The molecule has 1 aromatic rings. The molecular formula is C12H15N3O5. The van der Waals surface area contributed by atoms with Gasteiger partial charge in [0.1, 0.15) is 0 Å². The molecule has 0 fully saturated rings. The molecule has 0 radical (unpaired) electrons. The predicted octanol–water partition coefficient (Wildman–Crippen LogP) is 0.469. The molecular weight excluding hydrogens is 266 g/mol. The van der Waals surface area contributed by atoms with Crippen molar-refractivity contribution in [1.29, 1.82) is 0 Å². The van der Waals surface area contributed by atoms with Crippen molar-refractivity contribution in [1.82, 2.24) is 10.6 Å². The molecule has 0 aliphatic rings. The van der Waals surface area contributed by atoms with Gasteiger partial charge >= 0.3 is 5.69 Å². The molecule has 0 aliphatic heterocycles. The van der Waals surface area contributed by atoms with Gasteiger partial charge in [-0.15, -0.1) is 0 Å². The van der Waals surface area contributed by atoms with Crippen LogP contribution in [0.5, 0.6) is 5.75 Å². The summed E-state index contributed by atoms with van der Waals surface area (Å²) in [6, 6.07) is 3.94. The number of nitro groups is 1. The van der Waals surface area contributed by atoms with Gasteiger partial charge in [0.15, 0.2) is 5.75 Å². The smallest absolute Gasteiger partial charge is 0.311 e. The molecule has 2 N–H and O–H groups in total. The first-order valence-electron chi connectivity index (χ1n) is 5.80. The van der Waals surface area contributed by atoms with Gasteiger partial charge in [-0.25, -0.2) is 0 Å². The number of methoxy groups -OCH3 is 1. The van der Waals surface area contributed by atoms with Crippen molar-refractivity contribution >= 4 is 17.5 Å². The zero-order valence-corrected chi connectivity index (χ0v) is 11.1. The number of rotatable bonds is 6. The molecule has 1 aromatic carbocycles. The van der Waals surface area contributed by atoms with Gasteiger partial charge in [-0.05, 0) is 12.1 Å². The maximum atomic E-state index is 11.8. The summed E-state index contributed by atoms with van der Waals surface area (Å²) in [6.45, 7) is 1.90. The zero-order chi connectivity index (χ0) is 15.1. The molecule has 20 heavy (non-hydrogen) atoms. The highest BCUT2D eigenvalue weighted by molar-refractivity contribution is 5.95. The lowest BCUT2D eigenvalue weighted by Gasteiger charge is -2.07. The minimum absolute atomic E-state index is 0.0878. The normalized spacial score (nSPS) is 9.70. The van der Waals surface area contributed by atoms with Gasteiger partial charge in [0.25, 0.3) is 5.91 Å². The molecule has 0 saturated heterocycles. The number of benzene rings is 1. The summed E-state index contributed by atoms with van der Waals surface area (Å²) >= 11 is 0. The van der Waals surface area contributed by atoms with Crippen LogP contribution in [0.3, 0.4) is 0 Å². The van der Waals surface area contributed by atoms with Crippen molar-refractivity contribution in [3.8, 4) is 5.75 Å². The van der Waals surface area contributed by atoms with E-state index < -0.39 is 10.8 Å². The van der Waals surface area contributed by atoms with Crippen LogP contribution in [0.2, 0.25) is 0 Å². The molecule has 0 aliphatic carbocycles. The highest BCUT2D eigenvalue weighted by Gasteiger charge is 2.17. The minimum atomic E-state index is -0.618. The number of nitro benzene ring substituents is 1. The molecule has 0 aromatic heterocycles. The van der Waals surface area contributed by atoms with Crippen LogP contribution in [0.15, 0.2) is 18.2 Å². The van der Waals surface area contributed by atoms with E-state index in [1.54, 1.807) is 0 Å². The molecule has 0 unspecified atom stereocenters. The van der Waals surface area contributed by atoms with Gasteiger partial charge in [-0.2, -0.15) is 0 Å². The standard InChI is InChI=1S/C12H15N3O5/c1-8(16)13-5-6-14-12(17)9-3-4-11(20-2)10(7-9)15(18)19/h3-4,7H,5-6H2,1-2H3,(H,13,16)(H,14,17). The maximum absolute atomic E-state index is 11.8. The summed E-state index contributed by atoms with van der Waals surface area (Å²) in [6.07, 6.45) is 0. The molecule has 0 heterocycles. The molecule has 2 amide bonds. The van der Waals surface area contributed by atoms with Gasteiger partial charge in [0, 0.05) is 31.6 Å². The first kappa shape index (κ1) is 15.4. The van der Waals surface area contributed by atoms with E-state index in [9.17, 15) is 19.7 Å². The van der Waals surface area contributed by atoms with Crippen LogP contribution in [-0.4, -0.2) is 36.9 Å². The Morgan fingerprint density at radius 2 is 1.95 bits per heavy atom. The summed E-state index contributed by atoms with van der Waals surface area (Å²) in [5, 5.41) is 15.9. The molecule has 1 rings (SSSR count). The second-order valence-corrected chi connectivity index (χ2v) is 3.88. The topological polar surface area (TPSA) is 111 Å². The zero-order valence-electron chi connectivity index (χ0n) is 11.1. The molecule has 0 saturated carbocycles. The third kappa shape index (κ3) is 4.23. The number of hydrogen-bond acceptors (Lipinski definition) is 5. The van der Waals surface area contributed by atoms with E-state index >= 15 is 0 Å². The molecule has 0 spiro atoms. The third-order valence-electron chi connectivity index (χ3n) is 2.42. The Bertz CT molecular complexity index is 530. The predicted molar refractivity (Wildman–Crippen MR) is 70.7 cm³/mol. The fourth-order valence-corrected chi connectivity index (χ4v) is 1.49. The van der Waals surface area contributed by atoms with Crippen LogP contribution in [0.4, 0.5) is 5.69 Å². The van der Waals surface area contributed by atoms with E-state index in [0.29, 0.717) is 6.54 Å². The average Bonchev–Trinajstić information content (AvgIpc) is 2.42. The van der Waals surface area contributed by atoms with E-state index in [2.05, 4.69) is 10.6 Å². The maximum Gasteiger partial charge on any atom is 0.311 e. The van der Waals surface area contributed by atoms with Crippen molar-refractivity contribution in [3.05, 3.63) is 33.9 Å². The van der Waals surface area contributed by atoms with Crippen LogP contribution >= 0.6 is 0 Å². The highest BCUT2D eigenvalue weighted by Crippen LogP contribution is 2.27. The second kappa shape index (κ2) is 7.07. The van der Waals surface area contributed by atoms with Crippen LogP contribution in [0.25, 0.3) is 0 Å². The van der Waals surface area contributed by atoms with Crippen molar-refractivity contribution in [2.45, 2.75) is 6.92 Å². The van der Waals surface area contributed by atoms with Gasteiger partial charge in [0.05, 0.1) is 12.0 Å². The van der Waals surface area contributed by atoms with Crippen LogP contribution < -0.4 is 15.4 Å². The number of hydrogen-bond donors (Lipinski definition) is 2. The first-order valence-corrected chi connectivity index (χ1v) is 5.80. The van der Waals surface area contributed by atoms with E-state index in [1.807, 2.05) is 0 Å². The van der Waals surface area contributed by atoms with E-state index in [0.717, 1.165) is 6.07 Å². The average molecular weight is 281 g/mol. The third-order valence-corrected chi connectivity index (χ3v) is 2.42. The summed E-state index contributed by atoms with van der Waals surface area (Å²) in [4.78, 5) is 32.6. The van der Waals surface area contributed by atoms with Crippen molar-refractivity contribution in [2.24, 2.45) is 0 Å². The fraction of sp³-hybridized carbons (Fsp3) is 0.333. The minimum Gasteiger partial charge on any atom is -0.490 e. The molecule has 0 bridgehead atoms. The Labute approximate surface area is 115 Å². The quantitative estimate of drug-likeness (QED) is 0.447. The van der Waals surface area contributed by atoms with Crippen molar-refractivity contribution < 1.29 is 19.2 Å². The van der Waals surface area contributed by atoms with Crippen molar-refractivity contribution in [3.63, 3.8) is 0 Å². The molecule has 8 nitrogen and oxygen atoms in total. The molecule has 108 valence electrons. The molecule has 8 heteroatoms. The Balaban J connectivity index is 2.71. The van der Waals surface area contributed by atoms with Crippen LogP contribution in [0, 0.1) is 10.1 Å². The largest absolute Gasteiger partial charge is 0.490 e. The monoisotopic (exact) mass is 281 g/mol. The summed E-state index contributed by atoms with van der Waals surface area (Å²) < 4.78 is 4.85. The number of carbonyl (C=O) groups is 2. The van der Waals surface area contributed by atoms with Gasteiger partial charge in [0.2, 0.25) is 5.91 Å². The van der Waals surface area contributed by atoms with Gasteiger partial charge < -0.3 is 15.4 Å². The number of ether oxygens (including phenoxy) is 1. The first-order chi connectivity index (χ1) is 9.45. The van der Waals surface area contributed by atoms with Crippen LogP contribution in [-0.2, 0) is 4.79 Å². The van der Waals surface area contributed by atoms with E-state index in [4.69, 9.17) is 4.74 Å². The van der Waals surface area contributed by atoms with E-state index in [-0.39, 0.29) is 29.5 Å². The highest BCUT2D eigenvalue weighted by atomic mass is 16.6. The lowest BCUT2D eigenvalue weighted by atomic mass is 10.1. The SMILES string of the molecule is COc1ccc(C(=O)NCCNC(C)=O)cc1[N+](=O)[O-].